The molecule has 4 heteroatoms. The van der Waals surface area contributed by atoms with Gasteiger partial charge in [0.2, 0.25) is 5.91 Å². The van der Waals surface area contributed by atoms with Crippen LogP contribution in [0.1, 0.15) is 31.2 Å². The third-order valence-electron chi connectivity index (χ3n) is 3.89. The Morgan fingerprint density at radius 3 is 3.05 bits per heavy atom. The van der Waals surface area contributed by atoms with E-state index in [4.69, 9.17) is 0 Å². The summed E-state index contributed by atoms with van der Waals surface area (Å²) >= 11 is 1.60. The third kappa shape index (κ3) is 4.17. The number of thioether (sulfide) groups is 1. The quantitative estimate of drug-likeness (QED) is 0.907. The lowest BCUT2D eigenvalue weighted by molar-refractivity contribution is -0.132. The maximum Gasteiger partial charge on any atom is 0.232 e. The van der Waals surface area contributed by atoms with Gasteiger partial charge in [-0.3, -0.25) is 4.79 Å². The fraction of sp³-hybridized carbons (Fsp3) is 0.562. The van der Waals surface area contributed by atoms with Crippen LogP contribution in [0.2, 0.25) is 0 Å². The molecular weight excluding hydrogens is 270 g/mol. The van der Waals surface area contributed by atoms with E-state index in [2.05, 4.69) is 4.90 Å². The number of aromatic hydroxyl groups is 1. The zero-order valence-electron chi connectivity index (χ0n) is 12.0. The van der Waals surface area contributed by atoms with Crippen molar-refractivity contribution in [2.45, 2.75) is 38.1 Å². The van der Waals surface area contributed by atoms with Crippen LogP contribution < -0.4 is 0 Å². The van der Waals surface area contributed by atoms with Crippen LogP contribution in [-0.2, 0) is 11.2 Å². The lowest BCUT2D eigenvalue weighted by Crippen LogP contribution is -2.44. The monoisotopic (exact) mass is 293 g/mol. The molecule has 0 spiro atoms. The molecule has 1 aromatic carbocycles. The first kappa shape index (κ1) is 15.2. The summed E-state index contributed by atoms with van der Waals surface area (Å²) in [4.78, 5) is 14.2. The molecule has 0 aliphatic carbocycles. The number of benzene rings is 1. The molecule has 0 unspecified atom stereocenters. The molecule has 1 amide bonds. The number of phenolic OH excluding ortho intramolecular Hbond substituents is 1. The number of hydrogen-bond donors (Lipinski definition) is 1. The Labute approximate surface area is 125 Å². The molecule has 1 aliphatic heterocycles. The van der Waals surface area contributed by atoms with Crippen LogP contribution in [-0.4, -0.2) is 40.5 Å². The van der Waals surface area contributed by atoms with Gasteiger partial charge in [0.05, 0.1) is 5.75 Å². The fourth-order valence-corrected chi connectivity index (χ4v) is 3.29. The number of carbonyl (C=O) groups excluding carboxylic acids is 1. The van der Waals surface area contributed by atoms with Crippen LogP contribution >= 0.6 is 11.8 Å². The van der Waals surface area contributed by atoms with E-state index >= 15 is 0 Å². The average Bonchev–Trinajstić information content (AvgIpc) is 2.46. The number of aryl methyl sites for hydroxylation is 1. The van der Waals surface area contributed by atoms with Gasteiger partial charge >= 0.3 is 0 Å². The van der Waals surface area contributed by atoms with Gasteiger partial charge in [0.25, 0.3) is 0 Å². The highest BCUT2D eigenvalue weighted by Crippen LogP contribution is 2.23. The van der Waals surface area contributed by atoms with Crippen molar-refractivity contribution in [2.24, 2.45) is 0 Å². The molecule has 2 rings (SSSR count). The Bertz CT molecular complexity index is 450. The average molecular weight is 293 g/mol. The van der Waals surface area contributed by atoms with E-state index in [9.17, 15) is 9.90 Å². The Kier molecular flexibility index (Phi) is 5.77. The van der Waals surface area contributed by atoms with Crippen LogP contribution in [0.3, 0.4) is 0 Å². The van der Waals surface area contributed by atoms with Crippen molar-refractivity contribution in [1.82, 2.24) is 4.90 Å². The van der Waals surface area contributed by atoms with Crippen LogP contribution in [0, 0.1) is 0 Å². The SMILES string of the molecule is CSCC(=O)N1CCCC[C@H]1CCc1cccc(O)c1. The van der Waals surface area contributed by atoms with Gasteiger partial charge in [-0.15, -0.1) is 0 Å². The van der Waals surface area contributed by atoms with Crippen LogP contribution in [0.25, 0.3) is 0 Å². The molecule has 3 nitrogen and oxygen atoms in total. The van der Waals surface area contributed by atoms with Crippen molar-refractivity contribution >= 4 is 17.7 Å². The summed E-state index contributed by atoms with van der Waals surface area (Å²) in [5.74, 6) is 1.18. The highest BCUT2D eigenvalue weighted by molar-refractivity contribution is 7.99. The molecule has 0 radical (unpaired) electrons. The van der Waals surface area contributed by atoms with E-state index < -0.39 is 0 Å². The van der Waals surface area contributed by atoms with E-state index in [1.165, 1.54) is 6.42 Å². The molecule has 1 saturated heterocycles. The van der Waals surface area contributed by atoms with Gasteiger partial charge < -0.3 is 10.0 Å². The zero-order chi connectivity index (χ0) is 14.4. The fourth-order valence-electron chi connectivity index (χ4n) is 2.88. The number of likely N-dealkylation sites (tertiary alicyclic amines) is 1. The summed E-state index contributed by atoms with van der Waals surface area (Å²) in [7, 11) is 0. The van der Waals surface area contributed by atoms with E-state index in [0.29, 0.717) is 17.5 Å². The van der Waals surface area contributed by atoms with Crippen molar-refractivity contribution in [3.63, 3.8) is 0 Å². The van der Waals surface area contributed by atoms with Crippen LogP contribution in [0.15, 0.2) is 24.3 Å². The van der Waals surface area contributed by atoms with Gasteiger partial charge in [0, 0.05) is 12.6 Å². The van der Waals surface area contributed by atoms with Crippen molar-refractivity contribution in [3.05, 3.63) is 29.8 Å². The molecular formula is C16H23NO2S. The van der Waals surface area contributed by atoms with Crippen molar-refractivity contribution < 1.29 is 9.90 Å². The lowest BCUT2D eigenvalue weighted by atomic mass is 9.96. The normalized spacial score (nSPS) is 19.1. The van der Waals surface area contributed by atoms with E-state index in [1.807, 2.05) is 24.5 Å². The third-order valence-corrected chi connectivity index (χ3v) is 4.43. The molecule has 1 atom stereocenters. The Morgan fingerprint density at radius 1 is 1.45 bits per heavy atom. The minimum Gasteiger partial charge on any atom is -0.508 e. The second-order valence-corrected chi connectivity index (χ2v) is 6.24. The summed E-state index contributed by atoms with van der Waals surface area (Å²) in [6.07, 6.45) is 7.34. The molecule has 110 valence electrons. The summed E-state index contributed by atoms with van der Waals surface area (Å²) in [5.41, 5.74) is 1.15. The molecule has 1 aliphatic rings. The van der Waals surface area contributed by atoms with Gasteiger partial charge in [-0.05, 0) is 56.1 Å². The van der Waals surface area contributed by atoms with Crippen LogP contribution in [0.5, 0.6) is 5.75 Å². The number of piperidine rings is 1. The summed E-state index contributed by atoms with van der Waals surface area (Å²) in [6, 6.07) is 7.79. The Morgan fingerprint density at radius 2 is 2.30 bits per heavy atom. The summed E-state index contributed by atoms with van der Waals surface area (Å²) < 4.78 is 0. The zero-order valence-corrected chi connectivity index (χ0v) is 12.9. The molecule has 0 saturated carbocycles. The van der Waals surface area contributed by atoms with Crippen molar-refractivity contribution in [3.8, 4) is 5.75 Å². The number of nitrogens with zero attached hydrogens (tertiary/aromatic N) is 1. The standard InChI is InChI=1S/C16H23NO2S/c1-20-12-16(19)17-10-3-2-6-14(17)9-8-13-5-4-7-15(18)11-13/h4-5,7,11,14,18H,2-3,6,8-10,12H2,1H3/t14-/m0/s1. The van der Waals surface area contributed by atoms with Gasteiger partial charge in [-0.25, -0.2) is 0 Å². The molecule has 1 fully saturated rings. The molecule has 1 aromatic rings. The highest BCUT2D eigenvalue weighted by atomic mass is 32.2. The lowest BCUT2D eigenvalue weighted by Gasteiger charge is -2.36. The molecule has 1 heterocycles. The predicted molar refractivity (Wildman–Crippen MR) is 84.2 cm³/mol. The first-order valence-corrected chi connectivity index (χ1v) is 8.66. The molecule has 1 N–H and O–H groups in total. The number of amides is 1. The Balaban J connectivity index is 1.93. The largest absolute Gasteiger partial charge is 0.508 e. The minimum atomic E-state index is 0.276. The molecule has 0 aromatic heterocycles. The van der Waals surface area contributed by atoms with Crippen LogP contribution in [0.4, 0.5) is 0 Å². The highest BCUT2D eigenvalue weighted by Gasteiger charge is 2.25. The number of carbonyl (C=O) groups is 1. The summed E-state index contributed by atoms with van der Waals surface area (Å²) in [5, 5.41) is 9.49. The predicted octanol–water partition coefficient (Wildman–Crippen LogP) is 3.07. The minimum absolute atomic E-state index is 0.276. The van der Waals surface area contributed by atoms with Crippen molar-refractivity contribution in [2.75, 3.05) is 18.6 Å². The summed E-state index contributed by atoms with van der Waals surface area (Å²) in [6.45, 7) is 0.907. The second-order valence-electron chi connectivity index (χ2n) is 5.38. The van der Waals surface area contributed by atoms with E-state index in [0.717, 1.165) is 37.8 Å². The maximum atomic E-state index is 12.1. The number of rotatable bonds is 5. The van der Waals surface area contributed by atoms with Gasteiger partial charge in [-0.2, -0.15) is 11.8 Å². The first-order valence-electron chi connectivity index (χ1n) is 7.27. The van der Waals surface area contributed by atoms with Gasteiger partial charge in [0.1, 0.15) is 5.75 Å². The molecule has 0 bridgehead atoms. The topological polar surface area (TPSA) is 40.5 Å². The van der Waals surface area contributed by atoms with E-state index in [1.54, 1.807) is 17.8 Å². The van der Waals surface area contributed by atoms with E-state index in [-0.39, 0.29) is 5.91 Å². The Hall–Kier alpha value is -1.16. The first-order chi connectivity index (χ1) is 9.70. The van der Waals surface area contributed by atoms with Gasteiger partial charge in [0.15, 0.2) is 0 Å². The van der Waals surface area contributed by atoms with Gasteiger partial charge in [-0.1, -0.05) is 12.1 Å². The maximum absolute atomic E-state index is 12.1. The number of phenols is 1. The smallest absolute Gasteiger partial charge is 0.232 e. The van der Waals surface area contributed by atoms with Crippen molar-refractivity contribution in [1.29, 1.82) is 0 Å². The second kappa shape index (κ2) is 7.58. The molecule has 20 heavy (non-hydrogen) atoms. The number of hydrogen-bond acceptors (Lipinski definition) is 3.